The number of fused-ring (bicyclic) bond motifs is 2. The Morgan fingerprint density at radius 2 is 2.05 bits per heavy atom. The van der Waals surface area contributed by atoms with E-state index in [1.807, 2.05) is 30.3 Å². The monoisotopic (exact) mass is 252 g/mol. The number of nitriles is 1. The third kappa shape index (κ3) is 1.81. The van der Waals surface area contributed by atoms with Gasteiger partial charge in [0.25, 0.3) is 0 Å². The van der Waals surface area contributed by atoms with Crippen molar-refractivity contribution in [1.82, 2.24) is 0 Å². The first kappa shape index (κ1) is 11.6. The molecule has 3 rings (SSSR count). The second-order valence-corrected chi connectivity index (χ2v) is 4.44. The summed E-state index contributed by atoms with van der Waals surface area (Å²) in [5.41, 5.74) is 6.67. The number of ether oxygens (including phenoxy) is 1. The van der Waals surface area contributed by atoms with Crippen LogP contribution in [0.25, 0.3) is 11.3 Å². The first-order valence-corrected chi connectivity index (χ1v) is 5.95. The first-order chi connectivity index (χ1) is 9.20. The van der Waals surface area contributed by atoms with E-state index in [0.29, 0.717) is 5.76 Å². The molecule has 19 heavy (non-hydrogen) atoms. The lowest BCUT2D eigenvalue weighted by molar-refractivity contribution is 0.240. The Bertz CT molecular complexity index is 753. The van der Waals surface area contributed by atoms with Crippen molar-refractivity contribution in [2.75, 3.05) is 0 Å². The average Bonchev–Trinajstić information content (AvgIpc) is 2.46. The molecule has 2 unspecified atom stereocenters. The molecule has 1 aliphatic heterocycles. The summed E-state index contributed by atoms with van der Waals surface area (Å²) in [4.78, 5) is 0. The van der Waals surface area contributed by atoms with Crippen molar-refractivity contribution in [3.8, 4) is 6.07 Å². The summed E-state index contributed by atoms with van der Waals surface area (Å²) in [5.74, 6) is 0.670. The van der Waals surface area contributed by atoms with Crippen LogP contribution in [-0.2, 0) is 4.74 Å². The van der Waals surface area contributed by atoms with E-state index in [9.17, 15) is 5.11 Å². The second kappa shape index (κ2) is 4.30. The molecule has 0 saturated heterocycles. The highest BCUT2D eigenvalue weighted by molar-refractivity contribution is 5.70. The summed E-state index contributed by atoms with van der Waals surface area (Å²) in [6.45, 7) is 0. The number of rotatable bonds is 1. The number of hydrogen-bond acceptors (Lipinski definition) is 4. The zero-order chi connectivity index (χ0) is 13.4. The predicted octanol–water partition coefficient (Wildman–Crippen LogP) is 0.207. The summed E-state index contributed by atoms with van der Waals surface area (Å²) in [7, 11) is 0. The van der Waals surface area contributed by atoms with Crippen LogP contribution in [0.1, 0.15) is 0 Å². The third-order valence-corrected chi connectivity index (χ3v) is 3.23. The van der Waals surface area contributed by atoms with Gasteiger partial charge in [-0.05, 0) is 23.4 Å². The van der Waals surface area contributed by atoms with Crippen molar-refractivity contribution in [1.29, 1.82) is 5.26 Å². The highest BCUT2D eigenvalue weighted by Crippen LogP contribution is 2.23. The number of hydrogen-bond donors (Lipinski definition) is 2. The molecule has 1 aliphatic carbocycles. The molecule has 0 amide bonds. The lowest BCUT2D eigenvalue weighted by Gasteiger charge is -2.26. The normalized spacial score (nSPS) is 21.7. The fourth-order valence-electron chi connectivity index (χ4n) is 2.36. The van der Waals surface area contributed by atoms with Gasteiger partial charge >= 0.3 is 0 Å². The number of nitrogens with zero attached hydrogens (tertiary/aromatic N) is 1. The summed E-state index contributed by atoms with van der Waals surface area (Å²) in [6.07, 6.45) is 4.71. The van der Waals surface area contributed by atoms with Gasteiger partial charge in [-0.2, -0.15) is 5.26 Å². The van der Waals surface area contributed by atoms with Crippen LogP contribution in [0.3, 0.4) is 0 Å². The van der Waals surface area contributed by atoms with Gasteiger partial charge in [-0.25, -0.2) is 0 Å². The second-order valence-electron chi connectivity index (χ2n) is 4.44. The Morgan fingerprint density at radius 3 is 2.79 bits per heavy atom. The summed E-state index contributed by atoms with van der Waals surface area (Å²) >= 11 is 0. The number of allylic oxidation sites excluding steroid dienone is 1. The SMILES string of the molecule is N#CC(N)C1=c2ccccc2=C2C=C(O)C=CC2O1. The van der Waals surface area contributed by atoms with Gasteiger partial charge in [0.2, 0.25) is 0 Å². The van der Waals surface area contributed by atoms with E-state index in [0.717, 1.165) is 16.0 Å². The van der Waals surface area contributed by atoms with Gasteiger partial charge in [-0.3, -0.25) is 0 Å². The molecule has 1 aromatic carbocycles. The van der Waals surface area contributed by atoms with E-state index >= 15 is 0 Å². The molecule has 0 saturated carbocycles. The molecule has 4 heteroatoms. The van der Waals surface area contributed by atoms with Gasteiger partial charge < -0.3 is 15.6 Å². The molecule has 2 atom stereocenters. The average molecular weight is 252 g/mol. The largest absolute Gasteiger partial charge is 0.508 e. The molecule has 0 aromatic heterocycles. The minimum Gasteiger partial charge on any atom is -0.508 e. The minimum atomic E-state index is -0.796. The molecular weight excluding hydrogens is 240 g/mol. The molecule has 4 nitrogen and oxygen atoms in total. The Morgan fingerprint density at radius 1 is 1.32 bits per heavy atom. The van der Waals surface area contributed by atoms with Crippen LogP contribution in [0.5, 0.6) is 0 Å². The van der Waals surface area contributed by atoms with Gasteiger partial charge in [0.1, 0.15) is 17.6 Å². The Labute approximate surface area is 110 Å². The van der Waals surface area contributed by atoms with Gasteiger partial charge in [0.05, 0.1) is 6.07 Å². The lowest BCUT2D eigenvalue weighted by Crippen LogP contribution is -2.43. The Balaban J connectivity index is 2.38. The molecule has 94 valence electrons. The highest BCUT2D eigenvalue weighted by atomic mass is 16.5. The highest BCUT2D eigenvalue weighted by Gasteiger charge is 2.25. The maximum absolute atomic E-state index is 9.61. The third-order valence-electron chi connectivity index (χ3n) is 3.23. The topological polar surface area (TPSA) is 79.3 Å². The molecular formula is C15H12N2O2. The quantitative estimate of drug-likeness (QED) is 0.748. The fraction of sp³-hybridized carbons (Fsp3) is 0.133. The van der Waals surface area contributed by atoms with Crippen LogP contribution in [0, 0.1) is 11.3 Å². The van der Waals surface area contributed by atoms with Gasteiger partial charge in [0, 0.05) is 10.8 Å². The van der Waals surface area contributed by atoms with Crippen molar-refractivity contribution in [2.24, 2.45) is 5.73 Å². The number of benzene rings is 1. The van der Waals surface area contributed by atoms with Gasteiger partial charge in [-0.1, -0.05) is 24.3 Å². The van der Waals surface area contributed by atoms with Crippen molar-refractivity contribution in [2.45, 2.75) is 12.1 Å². The van der Waals surface area contributed by atoms with E-state index in [-0.39, 0.29) is 11.9 Å². The first-order valence-electron chi connectivity index (χ1n) is 5.95. The zero-order valence-corrected chi connectivity index (χ0v) is 10.1. The minimum absolute atomic E-state index is 0.192. The van der Waals surface area contributed by atoms with Crippen LogP contribution >= 0.6 is 0 Å². The van der Waals surface area contributed by atoms with E-state index in [1.165, 1.54) is 0 Å². The standard InChI is InChI=1S/C15H12N2O2/c16-8-13(17)15-11-4-2-1-3-10(11)12-7-9(18)5-6-14(12)19-15/h1-7,13-14,18H,17H2. The predicted molar refractivity (Wildman–Crippen MR) is 70.8 cm³/mol. The van der Waals surface area contributed by atoms with E-state index in [4.69, 9.17) is 15.7 Å². The van der Waals surface area contributed by atoms with Gasteiger partial charge in [-0.15, -0.1) is 0 Å². The van der Waals surface area contributed by atoms with Crippen molar-refractivity contribution >= 4 is 11.3 Å². The zero-order valence-electron chi connectivity index (χ0n) is 10.1. The number of nitrogens with two attached hydrogens (primary N) is 1. The Hall–Kier alpha value is -2.51. The van der Waals surface area contributed by atoms with Gasteiger partial charge in [0.15, 0.2) is 6.04 Å². The summed E-state index contributed by atoms with van der Waals surface area (Å²) in [5, 5.41) is 20.4. The molecule has 0 bridgehead atoms. The van der Waals surface area contributed by atoms with E-state index in [1.54, 1.807) is 18.2 Å². The van der Waals surface area contributed by atoms with Crippen LogP contribution in [0.15, 0.2) is 48.3 Å². The molecule has 0 fully saturated rings. The van der Waals surface area contributed by atoms with Crippen LogP contribution in [0.2, 0.25) is 0 Å². The van der Waals surface area contributed by atoms with Crippen LogP contribution in [0.4, 0.5) is 0 Å². The maximum atomic E-state index is 9.61. The molecule has 0 spiro atoms. The van der Waals surface area contributed by atoms with Crippen LogP contribution < -0.4 is 16.2 Å². The molecule has 1 heterocycles. The number of aliphatic hydroxyl groups is 1. The van der Waals surface area contributed by atoms with Crippen molar-refractivity contribution < 1.29 is 9.84 Å². The van der Waals surface area contributed by atoms with Crippen molar-refractivity contribution in [3.63, 3.8) is 0 Å². The molecule has 2 aliphatic rings. The maximum Gasteiger partial charge on any atom is 0.151 e. The smallest absolute Gasteiger partial charge is 0.151 e. The molecule has 0 radical (unpaired) electrons. The fourth-order valence-corrected chi connectivity index (χ4v) is 2.36. The summed E-state index contributed by atoms with van der Waals surface area (Å²) < 4.78 is 5.81. The van der Waals surface area contributed by atoms with Crippen molar-refractivity contribution in [3.05, 3.63) is 58.7 Å². The lowest BCUT2D eigenvalue weighted by atomic mass is 9.96. The number of aliphatic hydroxyl groups excluding tert-OH is 1. The van der Waals surface area contributed by atoms with E-state index < -0.39 is 6.04 Å². The molecule has 1 aromatic rings. The molecule has 3 N–H and O–H groups in total. The summed E-state index contributed by atoms with van der Waals surface area (Å²) in [6, 6.07) is 8.79. The van der Waals surface area contributed by atoms with E-state index in [2.05, 4.69) is 0 Å². The Kier molecular flexibility index (Phi) is 2.62. The van der Waals surface area contributed by atoms with Crippen LogP contribution in [-0.4, -0.2) is 17.3 Å².